The second-order valence-corrected chi connectivity index (χ2v) is 3.59. The lowest BCUT2D eigenvalue weighted by atomic mass is 9.94. The Hall–Kier alpha value is -0.280. The van der Waals surface area contributed by atoms with Crippen LogP contribution in [0.5, 0.6) is 0 Å². The summed E-state index contributed by atoms with van der Waals surface area (Å²) in [5.41, 5.74) is 0. The third kappa shape index (κ3) is 2.64. The summed E-state index contributed by atoms with van der Waals surface area (Å²) in [6.07, 6.45) is -8.39. The van der Waals surface area contributed by atoms with Crippen molar-refractivity contribution in [2.45, 2.75) is 36.6 Å². The lowest BCUT2D eigenvalue weighted by Crippen LogP contribution is -2.59. The molecule has 1 heterocycles. The van der Waals surface area contributed by atoms with Gasteiger partial charge in [0.2, 0.25) is 0 Å². The molecule has 0 bridgehead atoms. The van der Waals surface area contributed by atoms with Crippen LogP contribution in [0.3, 0.4) is 0 Å². The molecule has 7 nitrogen and oxygen atoms in total. The van der Waals surface area contributed by atoms with Gasteiger partial charge in [0, 0.05) is 0 Å². The Morgan fingerprint density at radius 2 is 1.73 bits per heavy atom. The normalized spacial score (nSPS) is 41.2. The van der Waals surface area contributed by atoms with Gasteiger partial charge < -0.3 is 35.4 Å². The van der Waals surface area contributed by atoms with Gasteiger partial charge in [-0.2, -0.15) is 0 Å². The highest BCUT2D eigenvalue weighted by Gasteiger charge is 2.42. The molecule has 0 radical (unpaired) electrons. The van der Waals surface area contributed by atoms with E-state index >= 15 is 0 Å². The maximum Gasteiger partial charge on any atom is 0.115 e. The van der Waals surface area contributed by atoms with Crippen molar-refractivity contribution in [3.05, 3.63) is 0 Å². The molecule has 7 heteroatoms. The fraction of sp³-hybridized carbons (Fsp3) is 1.00. The van der Waals surface area contributed by atoms with Crippen LogP contribution in [0.4, 0.5) is 0 Å². The zero-order valence-corrected chi connectivity index (χ0v) is 7.97. The Morgan fingerprint density at radius 3 is 2.27 bits per heavy atom. The van der Waals surface area contributed by atoms with Gasteiger partial charge in [0.25, 0.3) is 0 Å². The van der Waals surface area contributed by atoms with Crippen LogP contribution in [0.25, 0.3) is 0 Å². The maximum atomic E-state index is 9.43. The summed E-state index contributed by atoms with van der Waals surface area (Å²) in [6.45, 7) is -0.940. The van der Waals surface area contributed by atoms with E-state index in [-0.39, 0.29) is 6.61 Å². The molecule has 90 valence electrons. The largest absolute Gasteiger partial charge is 0.394 e. The van der Waals surface area contributed by atoms with E-state index in [4.69, 9.17) is 20.1 Å². The van der Waals surface area contributed by atoms with E-state index < -0.39 is 43.2 Å². The van der Waals surface area contributed by atoms with E-state index in [9.17, 15) is 15.3 Å². The molecule has 1 rings (SSSR count). The summed E-state index contributed by atoms with van der Waals surface area (Å²) >= 11 is 0. The van der Waals surface area contributed by atoms with Crippen LogP contribution < -0.4 is 0 Å². The van der Waals surface area contributed by atoms with Crippen molar-refractivity contribution >= 4 is 0 Å². The monoisotopic (exact) mass is 224 g/mol. The quantitative estimate of drug-likeness (QED) is 0.289. The van der Waals surface area contributed by atoms with Crippen LogP contribution >= 0.6 is 0 Å². The number of hydrogen-bond donors (Lipinski definition) is 6. The fourth-order valence-electron chi connectivity index (χ4n) is 1.46. The number of ether oxygens (including phenoxy) is 1. The van der Waals surface area contributed by atoms with Crippen molar-refractivity contribution in [1.82, 2.24) is 0 Å². The Balaban J connectivity index is 2.62. The first-order valence-electron chi connectivity index (χ1n) is 4.61. The van der Waals surface area contributed by atoms with Crippen molar-refractivity contribution in [3.8, 4) is 0 Å². The topological polar surface area (TPSA) is 131 Å². The van der Waals surface area contributed by atoms with E-state index in [1.165, 1.54) is 0 Å². The van der Waals surface area contributed by atoms with Crippen molar-refractivity contribution in [2.75, 3.05) is 13.2 Å². The van der Waals surface area contributed by atoms with Crippen LogP contribution in [0.1, 0.15) is 0 Å². The van der Waals surface area contributed by atoms with Gasteiger partial charge in [0.05, 0.1) is 13.2 Å². The lowest BCUT2D eigenvalue weighted by molar-refractivity contribution is -0.224. The Bertz CT molecular complexity index is 195. The summed E-state index contributed by atoms with van der Waals surface area (Å²) in [7, 11) is 0. The van der Waals surface area contributed by atoms with Gasteiger partial charge in [-0.3, -0.25) is 0 Å². The highest BCUT2D eigenvalue weighted by molar-refractivity contribution is 4.92. The van der Waals surface area contributed by atoms with Crippen LogP contribution in [0, 0.1) is 0 Å². The van der Waals surface area contributed by atoms with Crippen LogP contribution in [0.15, 0.2) is 0 Å². The summed E-state index contributed by atoms with van der Waals surface area (Å²) < 4.78 is 4.88. The van der Waals surface area contributed by atoms with Crippen LogP contribution in [0.2, 0.25) is 0 Å². The highest BCUT2D eigenvalue weighted by atomic mass is 16.5. The molecular formula is C8H16O7. The van der Waals surface area contributed by atoms with Gasteiger partial charge >= 0.3 is 0 Å². The third-order valence-corrected chi connectivity index (χ3v) is 2.46. The first-order chi connectivity index (χ1) is 6.99. The second kappa shape index (κ2) is 5.17. The van der Waals surface area contributed by atoms with E-state index in [1.54, 1.807) is 0 Å². The standard InChI is InChI=1S/C8H16O7/c9-1-3(10)6(13)8-7(14)5(12)4(11)2-15-8/h3-14H,1-2H2/t3?,4-,5+,6?,7-,8?/m1/s1. The molecule has 6 atom stereocenters. The van der Waals surface area contributed by atoms with Crippen LogP contribution in [-0.2, 0) is 4.74 Å². The molecule has 0 saturated carbocycles. The highest BCUT2D eigenvalue weighted by Crippen LogP contribution is 2.19. The zero-order chi connectivity index (χ0) is 11.6. The van der Waals surface area contributed by atoms with Crippen molar-refractivity contribution in [1.29, 1.82) is 0 Å². The van der Waals surface area contributed by atoms with Crippen molar-refractivity contribution in [2.24, 2.45) is 0 Å². The third-order valence-electron chi connectivity index (χ3n) is 2.46. The molecule has 0 spiro atoms. The van der Waals surface area contributed by atoms with E-state index in [2.05, 4.69) is 0 Å². The van der Waals surface area contributed by atoms with E-state index in [1.807, 2.05) is 0 Å². The number of aliphatic hydroxyl groups is 6. The minimum absolute atomic E-state index is 0.252. The first-order valence-corrected chi connectivity index (χ1v) is 4.61. The molecule has 0 aromatic carbocycles. The Labute approximate surface area is 86.2 Å². The van der Waals surface area contributed by atoms with Gasteiger partial charge in [-0.1, -0.05) is 0 Å². The average molecular weight is 224 g/mol. The maximum absolute atomic E-state index is 9.43. The summed E-state index contributed by atoms with van der Waals surface area (Å²) in [4.78, 5) is 0. The average Bonchev–Trinajstić information content (AvgIpc) is 2.24. The fourth-order valence-corrected chi connectivity index (χ4v) is 1.46. The first kappa shape index (κ1) is 12.8. The smallest absolute Gasteiger partial charge is 0.115 e. The predicted octanol–water partition coefficient (Wildman–Crippen LogP) is -3.82. The SMILES string of the molecule is OCC(O)C(O)C1OC[C@@H](O)[C@H](O)[C@H]1O. The second-order valence-electron chi connectivity index (χ2n) is 3.59. The van der Waals surface area contributed by atoms with Crippen molar-refractivity contribution in [3.63, 3.8) is 0 Å². The molecule has 1 fully saturated rings. The molecule has 0 aromatic rings. The van der Waals surface area contributed by atoms with Gasteiger partial charge in [0.15, 0.2) is 0 Å². The lowest BCUT2D eigenvalue weighted by Gasteiger charge is -2.38. The zero-order valence-electron chi connectivity index (χ0n) is 7.97. The van der Waals surface area contributed by atoms with Gasteiger partial charge in [-0.05, 0) is 0 Å². The summed E-state index contributed by atoms with van der Waals surface area (Å²) in [5.74, 6) is 0. The molecule has 15 heavy (non-hydrogen) atoms. The molecule has 1 aliphatic heterocycles. The molecule has 0 aliphatic carbocycles. The molecule has 1 saturated heterocycles. The number of aliphatic hydroxyl groups excluding tert-OH is 6. The van der Waals surface area contributed by atoms with Crippen molar-refractivity contribution < 1.29 is 35.4 Å². The van der Waals surface area contributed by atoms with E-state index in [0.29, 0.717) is 0 Å². The molecule has 3 unspecified atom stereocenters. The van der Waals surface area contributed by atoms with Crippen LogP contribution in [-0.4, -0.2) is 80.5 Å². The Morgan fingerprint density at radius 1 is 1.13 bits per heavy atom. The van der Waals surface area contributed by atoms with E-state index in [0.717, 1.165) is 0 Å². The minimum Gasteiger partial charge on any atom is -0.394 e. The molecule has 0 amide bonds. The predicted molar refractivity (Wildman–Crippen MR) is 46.9 cm³/mol. The Kier molecular flexibility index (Phi) is 4.41. The van der Waals surface area contributed by atoms with Gasteiger partial charge in [0.1, 0.15) is 36.6 Å². The summed E-state index contributed by atoms with van der Waals surface area (Å²) in [5, 5.41) is 55.0. The molecule has 0 aromatic heterocycles. The van der Waals surface area contributed by atoms with Gasteiger partial charge in [-0.25, -0.2) is 0 Å². The van der Waals surface area contributed by atoms with Gasteiger partial charge in [-0.15, -0.1) is 0 Å². The number of hydrogen-bond acceptors (Lipinski definition) is 7. The number of rotatable bonds is 3. The molecule has 1 aliphatic rings. The minimum atomic E-state index is -1.52. The molecule has 6 N–H and O–H groups in total. The summed E-state index contributed by atoms with van der Waals surface area (Å²) in [6, 6.07) is 0. The molecular weight excluding hydrogens is 208 g/mol.